The zero-order chi connectivity index (χ0) is 41.2. The number of nitrogens with one attached hydrogen (secondary N) is 2. The molecule has 2 fully saturated rings. The molecule has 56 heavy (non-hydrogen) atoms. The van der Waals surface area contributed by atoms with E-state index < -0.39 is 31.6 Å². The second-order valence-electron chi connectivity index (χ2n) is 16.6. The molecule has 0 aromatic carbocycles. The molecule has 0 unspecified atom stereocenters. The van der Waals surface area contributed by atoms with Crippen LogP contribution in [0.25, 0.3) is 0 Å². The quantitative estimate of drug-likeness (QED) is 0.112. The summed E-state index contributed by atoms with van der Waals surface area (Å²) in [5.74, 6) is 1.49. The standard InChI is InChI=1S/C21H37N3O5S.C17H29N3O5S/c1-21(2,3)28-19(25)15-17(12-8-11-16-9-6-5-7-10-16)20-23-18(24-29-20)13-14-22-30(4,26)27;1-26(23,24)18-11-10-15-19-17(25-20-15)14(12-16(21)22)9-5-8-13-6-3-2-4-7-13/h16-17,22H,5-15H2,1-4H3;13-14,18H,2-12H2,1H3,(H,21,22)/t17-;14-/m11/s1. The van der Waals surface area contributed by atoms with Crippen LogP contribution in [0.15, 0.2) is 9.05 Å². The highest BCUT2D eigenvalue weighted by Gasteiger charge is 2.27. The van der Waals surface area contributed by atoms with Crippen LogP contribution in [0.4, 0.5) is 0 Å². The van der Waals surface area contributed by atoms with E-state index in [0.717, 1.165) is 56.5 Å². The number of aromatic nitrogens is 4. The third-order valence-electron chi connectivity index (χ3n) is 10.1. The average Bonchev–Trinajstić information content (AvgIpc) is 3.77. The molecule has 0 bridgehead atoms. The summed E-state index contributed by atoms with van der Waals surface area (Å²) in [7, 11) is -6.51. The Morgan fingerprint density at radius 2 is 1.14 bits per heavy atom. The molecule has 4 rings (SSSR count). The number of sulfonamides is 2. The Morgan fingerprint density at radius 1 is 0.732 bits per heavy atom. The van der Waals surface area contributed by atoms with Gasteiger partial charge in [-0.1, -0.05) is 100 Å². The first-order valence-corrected chi connectivity index (χ1v) is 24.1. The fourth-order valence-corrected chi connectivity index (χ4v) is 8.39. The highest BCUT2D eigenvalue weighted by Crippen LogP contribution is 2.33. The van der Waals surface area contributed by atoms with Gasteiger partial charge in [0, 0.05) is 37.8 Å². The third-order valence-corrected chi connectivity index (χ3v) is 11.6. The number of esters is 1. The lowest BCUT2D eigenvalue weighted by Crippen LogP contribution is -2.25. The lowest BCUT2D eigenvalue weighted by molar-refractivity contribution is -0.155. The maximum absolute atomic E-state index is 12.4. The molecule has 0 radical (unpaired) electrons. The smallest absolute Gasteiger partial charge is 0.307 e. The van der Waals surface area contributed by atoms with Crippen molar-refractivity contribution in [3.63, 3.8) is 0 Å². The largest absolute Gasteiger partial charge is 0.481 e. The Balaban J connectivity index is 0.000000303. The molecule has 3 N–H and O–H groups in total. The number of carbonyl (C=O) groups is 2. The Kier molecular flexibility index (Phi) is 19.9. The molecule has 320 valence electrons. The van der Waals surface area contributed by atoms with Crippen LogP contribution >= 0.6 is 0 Å². The monoisotopic (exact) mass is 830 g/mol. The molecule has 0 aliphatic heterocycles. The number of rotatable bonds is 22. The summed E-state index contributed by atoms with van der Waals surface area (Å²) in [6.07, 6.45) is 21.8. The highest BCUT2D eigenvalue weighted by molar-refractivity contribution is 7.89. The van der Waals surface area contributed by atoms with Crippen molar-refractivity contribution in [2.75, 3.05) is 25.6 Å². The van der Waals surface area contributed by atoms with Gasteiger partial charge in [-0.2, -0.15) is 9.97 Å². The van der Waals surface area contributed by atoms with Gasteiger partial charge in [-0.3, -0.25) is 9.59 Å². The Labute approximate surface area is 333 Å². The van der Waals surface area contributed by atoms with Crippen molar-refractivity contribution in [3.8, 4) is 0 Å². The number of carboxylic acid groups (broad SMARTS) is 1. The van der Waals surface area contributed by atoms with Gasteiger partial charge in [-0.05, 0) is 45.4 Å². The molecule has 0 saturated heterocycles. The molecule has 2 atom stereocenters. The van der Waals surface area contributed by atoms with Gasteiger partial charge in [0.05, 0.1) is 25.4 Å². The van der Waals surface area contributed by atoms with Crippen LogP contribution in [0, 0.1) is 11.8 Å². The first-order chi connectivity index (χ1) is 26.3. The summed E-state index contributed by atoms with van der Waals surface area (Å²) in [4.78, 5) is 32.3. The van der Waals surface area contributed by atoms with E-state index in [0.29, 0.717) is 42.7 Å². The van der Waals surface area contributed by atoms with E-state index in [-0.39, 0.29) is 43.7 Å². The van der Waals surface area contributed by atoms with Crippen molar-refractivity contribution in [3.05, 3.63) is 23.4 Å². The summed E-state index contributed by atoms with van der Waals surface area (Å²) < 4.78 is 65.5. The van der Waals surface area contributed by atoms with Crippen molar-refractivity contribution in [2.45, 2.75) is 167 Å². The molecule has 2 aromatic rings. The molecule has 2 heterocycles. The normalized spacial score (nSPS) is 17.2. The van der Waals surface area contributed by atoms with Crippen LogP contribution in [0.2, 0.25) is 0 Å². The fraction of sp³-hybridized carbons (Fsp3) is 0.842. The van der Waals surface area contributed by atoms with E-state index in [1.54, 1.807) is 0 Å². The van der Waals surface area contributed by atoms with E-state index in [2.05, 4.69) is 29.7 Å². The van der Waals surface area contributed by atoms with Crippen molar-refractivity contribution >= 4 is 32.0 Å². The summed E-state index contributed by atoms with van der Waals surface area (Å²) in [6.45, 7) is 5.94. The molecule has 16 nitrogen and oxygen atoms in total. The van der Waals surface area contributed by atoms with Crippen LogP contribution in [-0.2, 0) is 47.2 Å². The lowest BCUT2D eigenvalue weighted by Gasteiger charge is -2.23. The predicted octanol–water partition coefficient (Wildman–Crippen LogP) is 6.20. The average molecular weight is 831 g/mol. The molecule has 18 heteroatoms. The first kappa shape index (κ1) is 47.4. The second-order valence-corrected chi connectivity index (χ2v) is 20.2. The van der Waals surface area contributed by atoms with E-state index in [4.69, 9.17) is 18.9 Å². The zero-order valence-electron chi connectivity index (χ0n) is 34.1. The fourth-order valence-electron chi connectivity index (χ4n) is 7.44. The minimum Gasteiger partial charge on any atom is -0.481 e. The topological polar surface area (TPSA) is 234 Å². The molecule has 0 amide bonds. The lowest BCUT2D eigenvalue weighted by atomic mass is 9.84. The molecule has 2 saturated carbocycles. The minimum absolute atomic E-state index is 0.0338. The summed E-state index contributed by atoms with van der Waals surface area (Å²) in [5.41, 5.74) is -0.541. The maximum atomic E-state index is 12.4. The van der Waals surface area contributed by atoms with Crippen LogP contribution in [-0.4, -0.2) is 85.4 Å². The highest BCUT2D eigenvalue weighted by atomic mass is 32.2. The molecular formula is C38H66N6O10S2. The molecule has 2 aromatic heterocycles. The number of carbonyl (C=O) groups excluding carboxylic acids is 1. The maximum Gasteiger partial charge on any atom is 0.307 e. The van der Waals surface area contributed by atoms with Gasteiger partial charge in [0.25, 0.3) is 0 Å². The Hall–Kier alpha value is -2.96. The number of aliphatic carboxylic acids is 1. The van der Waals surface area contributed by atoms with Crippen LogP contribution in [0.3, 0.4) is 0 Å². The molecule has 0 spiro atoms. The van der Waals surface area contributed by atoms with Crippen LogP contribution in [0.5, 0.6) is 0 Å². The Bertz CT molecular complexity index is 1680. The van der Waals surface area contributed by atoms with E-state index in [1.165, 1.54) is 64.2 Å². The summed E-state index contributed by atoms with van der Waals surface area (Å²) >= 11 is 0. The number of nitrogens with zero attached hydrogens (tertiary/aromatic N) is 4. The SMILES string of the molecule is CC(C)(C)OC(=O)C[C@@H](CCCC1CCCCC1)c1nc(CCNS(C)(=O)=O)no1.CS(=O)(=O)NCCc1noc([C@H](CCCC2CCCCC2)CC(=O)O)n1. The zero-order valence-corrected chi connectivity index (χ0v) is 35.7. The number of ether oxygens (including phenoxy) is 1. The van der Waals surface area contributed by atoms with Crippen molar-refractivity contribution < 1.29 is 45.3 Å². The minimum atomic E-state index is -3.26. The summed E-state index contributed by atoms with van der Waals surface area (Å²) in [6, 6.07) is 0. The summed E-state index contributed by atoms with van der Waals surface area (Å²) in [5, 5.41) is 17.0. The van der Waals surface area contributed by atoms with Crippen LogP contribution < -0.4 is 9.44 Å². The number of hydrogen-bond donors (Lipinski definition) is 3. The van der Waals surface area contributed by atoms with Gasteiger partial charge in [0.15, 0.2) is 11.6 Å². The van der Waals surface area contributed by atoms with Crippen LogP contribution in [0.1, 0.15) is 172 Å². The van der Waals surface area contributed by atoms with Crippen molar-refractivity contribution in [2.24, 2.45) is 11.8 Å². The molecule has 2 aliphatic carbocycles. The number of carboxylic acids is 1. The van der Waals surface area contributed by atoms with Gasteiger partial charge in [0.2, 0.25) is 31.8 Å². The number of hydrogen-bond acceptors (Lipinski definition) is 13. The molecule has 2 aliphatic rings. The molecular weight excluding hydrogens is 765 g/mol. The van der Waals surface area contributed by atoms with E-state index >= 15 is 0 Å². The third kappa shape index (κ3) is 21.0. The van der Waals surface area contributed by atoms with E-state index in [9.17, 15) is 26.4 Å². The van der Waals surface area contributed by atoms with Gasteiger partial charge in [-0.25, -0.2) is 26.3 Å². The Morgan fingerprint density at radius 3 is 1.52 bits per heavy atom. The van der Waals surface area contributed by atoms with Crippen molar-refractivity contribution in [1.29, 1.82) is 0 Å². The van der Waals surface area contributed by atoms with Crippen molar-refractivity contribution in [1.82, 2.24) is 29.7 Å². The predicted molar refractivity (Wildman–Crippen MR) is 211 cm³/mol. The first-order valence-electron chi connectivity index (χ1n) is 20.3. The van der Waals surface area contributed by atoms with Gasteiger partial charge >= 0.3 is 11.9 Å². The van der Waals surface area contributed by atoms with Gasteiger partial charge in [0.1, 0.15) is 5.60 Å². The van der Waals surface area contributed by atoms with E-state index in [1.807, 2.05) is 20.8 Å². The van der Waals surface area contributed by atoms with Gasteiger partial charge < -0.3 is 18.9 Å². The van der Waals surface area contributed by atoms with Gasteiger partial charge in [-0.15, -0.1) is 0 Å². The second kappa shape index (κ2) is 23.4.